The highest BCUT2D eigenvalue weighted by Gasteiger charge is 2.31. The van der Waals surface area contributed by atoms with Gasteiger partial charge in [0.2, 0.25) is 10.0 Å². The van der Waals surface area contributed by atoms with E-state index in [4.69, 9.17) is 0 Å². The van der Waals surface area contributed by atoms with Crippen LogP contribution in [0.4, 0.5) is 5.69 Å². The Bertz CT molecular complexity index is 900. The molecular formula is C15H20N2O5S2. The van der Waals surface area contributed by atoms with Gasteiger partial charge in [0.25, 0.3) is 5.69 Å². The van der Waals surface area contributed by atoms with Gasteiger partial charge in [0.1, 0.15) is 5.60 Å². The first-order chi connectivity index (χ1) is 11.0. The number of fused-ring (bicyclic) bond motifs is 1. The molecule has 0 saturated carbocycles. The van der Waals surface area contributed by atoms with E-state index in [9.17, 15) is 23.6 Å². The van der Waals surface area contributed by atoms with E-state index in [2.05, 4.69) is 0 Å². The summed E-state index contributed by atoms with van der Waals surface area (Å²) >= 11 is 1.54. The molecule has 0 spiro atoms. The van der Waals surface area contributed by atoms with Crippen molar-refractivity contribution in [1.29, 1.82) is 0 Å². The summed E-state index contributed by atoms with van der Waals surface area (Å²) in [5, 5.41) is 22.3. The fourth-order valence-electron chi connectivity index (χ4n) is 2.68. The lowest BCUT2D eigenvalue weighted by Crippen LogP contribution is -2.28. The van der Waals surface area contributed by atoms with Crippen molar-refractivity contribution in [3.05, 3.63) is 39.6 Å². The van der Waals surface area contributed by atoms with Gasteiger partial charge in [0.15, 0.2) is 0 Å². The largest absolute Gasteiger partial charge is 0.384 e. The van der Waals surface area contributed by atoms with Gasteiger partial charge >= 0.3 is 0 Å². The van der Waals surface area contributed by atoms with Crippen LogP contribution in [0, 0.1) is 17.0 Å². The van der Waals surface area contributed by atoms with Crippen molar-refractivity contribution in [1.82, 2.24) is 3.97 Å². The molecule has 0 radical (unpaired) electrons. The zero-order chi connectivity index (χ0) is 18.3. The molecule has 9 heteroatoms. The second-order valence-electron chi connectivity index (χ2n) is 6.03. The standard InChI is InChI=1S/C15H20N2O5S2/c1-10-7-13-11(8-12(10)17(19)20)9-14(16(13)24(4,21)22)15(2,18)5-6-23-3/h7-9,18H,5-6H2,1-4H3. The number of nitrogens with zero attached hydrogens (tertiary/aromatic N) is 2. The molecule has 2 aromatic rings. The molecule has 24 heavy (non-hydrogen) atoms. The van der Waals surface area contributed by atoms with Gasteiger partial charge in [-0.25, -0.2) is 12.4 Å². The SMILES string of the molecule is CSCCC(C)(O)c1cc2cc([N+](=O)[O-])c(C)cc2n1S(C)(=O)=O. The van der Waals surface area contributed by atoms with Crippen LogP contribution in [0.25, 0.3) is 10.9 Å². The molecule has 0 aliphatic rings. The molecule has 0 bridgehead atoms. The zero-order valence-corrected chi connectivity index (χ0v) is 15.6. The molecule has 1 aromatic carbocycles. The van der Waals surface area contributed by atoms with Crippen molar-refractivity contribution in [3.63, 3.8) is 0 Å². The molecule has 1 atom stereocenters. The molecule has 2 rings (SSSR count). The molecular weight excluding hydrogens is 352 g/mol. The maximum absolute atomic E-state index is 12.3. The number of nitro groups is 1. The molecule has 1 aromatic heterocycles. The lowest BCUT2D eigenvalue weighted by Gasteiger charge is -2.24. The van der Waals surface area contributed by atoms with Gasteiger partial charge in [-0.15, -0.1) is 0 Å². The van der Waals surface area contributed by atoms with Crippen molar-refractivity contribution in [2.75, 3.05) is 18.3 Å². The van der Waals surface area contributed by atoms with E-state index in [1.54, 1.807) is 25.6 Å². The maximum Gasteiger partial charge on any atom is 0.273 e. The number of benzene rings is 1. The number of aliphatic hydroxyl groups is 1. The Morgan fingerprint density at radius 2 is 2.00 bits per heavy atom. The number of aromatic nitrogens is 1. The van der Waals surface area contributed by atoms with Crippen LogP contribution in [0.2, 0.25) is 0 Å². The number of nitro benzene ring substituents is 1. The Morgan fingerprint density at radius 3 is 2.50 bits per heavy atom. The van der Waals surface area contributed by atoms with Gasteiger partial charge in [-0.2, -0.15) is 11.8 Å². The van der Waals surface area contributed by atoms with Crippen molar-refractivity contribution >= 4 is 38.4 Å². The second kappa shape index (κ2) is 6.38. The average Bonchev–Trinajstić information content (AvgIpc) is 2.83. The minimum Gasteiger partial charge on any atom is -0.384 e. The highest BCUT2D eigenvalue weighted by Crippen LogP contribution is 2.35. The molecule has 0 fully saturated rings. The molecule has 1 unspecified atom stereocenters. The second-order valence-corrected chi connectivity index (χ2v) is 8.85. The van der Waals surface area contributed by atoms with Gasteiger partial charge in [0, 0.05) is 17.0 Å². The number of hydrogen-bond acceptors (Lipinski definition) is 6. The third-order valence-corrected chi connectivity index (χ3v) is 5.62. The number of thioether (sulfide) groups is 1. The first-order valence-corrected chi connectivity index (χ1v) is 10.5. The predicted octanol–water partition coefficient (Wildman–Crippen LogP) is 2.63. The predicted molar refractivity (Wildman–Crippen MR) is 96.1 cm³/mol. The monoisotopic (exact) mass is 372 g/mol. The van der Waals surface area contributed by atoms with Crippen molar-refractivity contribution in [2.45, 2.75) is 25.9 Å². The smallest absolute Gasteiger partial charge is 0.273 e. The molecule has 0 amide bonds. The molecule has 0 aliphatic carbocycles. The molecule has 0 aliphatic heterocycles. The molecule has 1 N–H and O–H groups in total. The molecule has 7 nitrogen and oxygen atoms in total. The van der Waals surface area contributed by atoms with Crippen LogP contribution in [0.3, 0.4) is 0 Å². The summed E-state index contributed by atoms with van der Waals surface area (Å²) in [4.78, 5) is 10.6. The van der Waals surface area contributed by atoms with Gasteiger partial charge in [0.05, 0.1) is 22.4 Å². The summed E-state index contributed by atoms with van der Waals surface area (Å²) in [6.07, 6.45) is 3.31. The third kappa shape index (κ3) is 3.42. The van der Waals surface area contributed by atoms with Crippen LogP contribution in [0.1, 0.15) is 24.6 Å². The first-order valence-electron chi connectivity index (χ1n) is 7.22. The summed E-state index contributed by atoms with van der Waals surface area (Å²) in [7, 11) is -3.69. The number of hydrogen-bond donors (Lipinski definition) is 1. The summed E-state index contributed by atoms with van der Waals surface area (Å²) in [5.41, 5.74) is -0.531. The number of aryl methyl sites for hydroxylation is 1. The minimum atomic E-state index is -3.69. The molecule has 0 saturated heterocycles. The van der Waals surface area contributed by atoms with E-state index in [1.165, 1.54) is 18.2 Å². The fourth-order valence-corrected chi connectivity index (χ4v) is 4.41. The van der Waals surface area contributed by atoms with Gasteiger partial charge in [-0.05, 0) is 44.4 Å². The summed E-state index contributed by atoms with van der Waals surface area (Å²) in [5.74, 6) is 0.650. The van der Waals surface area contributed by atoms with Crippen molar-refractivity contribution < 1.29 is 18.4 Å². The summed E-state index contributed by atoms with van der Waals surface area (Å²) in [6, 6.07) is 4.34. The van der Waals surface area contributed by atoms with E-state index in [1.807, 2.05) is 6.26 Å². The van der Waals surface area contributed by atoms with Gasteiger partial charge < -0.3 is 5.11 Å². The average molecular weight is 372 g/mol. The van der Waals surface area contributed by atoms with E-state index in [0.717, 1.165) is 10.2 Å². The van der Waals surface area contributed by atoms with E-state index in [-0.39, 0.29) is 11.4 Å². The maximum atomic E-state index is 12.3. The van der Waals surface area contributed by atoms with E-state index in [0.29, 0.717) is 28.6 Å². The highest BCUT2D eigenvalue weighted by atomic mass is 32.2. The Kier molecular flexibility index (Phi) is 4.98. The van der Waals surface area contributed by atoms with Gasteiger partial charge in [-0.1, -0.05) is 0 Å². The highest BCUT2D eigenvalue weighted by molar-refractivity contribution is 7.98. The Hall–Kier alpha value is -1.58. The fraction of sp³-hybridized carbons (Fsp3) is 0.467. The van der Waals surface area contributed by atoms with Crippen LogP contribution >= 0.6 is 11.8 Å². The normalized spacial score (nSPS) is 14.7. The lowest BCUT2D eigenvalue weighted by atomic mass is 9.99. The minimum absolute atomic E-state index is 0.0801. The number of rotatable bonds is 6. The Labute approximate surface area is 144 Å². The van der Waals surface area contributed by atoms with Crippen LogP contribution in [0.5, 0.6) is 0 Å². The quantitative estimate of drug-likeness (QED) is 0.618. The first kappa shape index (κ1) is 18.8. The van der Waals surface area contributed by atoms with Gasteiger partial charge in [-0.3, -0.25) is 10.1 Å². The van der Waals surface area contributed by atoms with E-state index < -0.39 is 20.5 Å². The third-order valence-electron chi connectivity index (χ3n) is 3.95. The Balaban J connectivity index is 2.82. The summed E-state index contributed by atoms with van der Waals surface area (Å²) in [6.45, 7) is 3.11. The van der Waals surface area contributed by atoms with Crippen LogP contribution in [-0.4, -0.2) is 40.7 Å². The topological polar surface area (TPSA) is 102 Å². The van der Waals surface area contributed by atoms with Crippen molar-refractivity contribution in [2.24, 2.45) is 0 Å². The van der Waals surface area contributed by atoms with E-state index >= 15 is 0 Å². The molecule has 132 valence electrons. The van der Waals surface area contributed by atoms with Crippen LogP contribution in [0.15, 0.2) is 18.2 Å². The van der Waals surface area contributed by atoms with Crippen molar-refractivity contribution in [3.8, 4) is 0 Å². The molecule has 1 heterocycles. The zero-order valence-electron chi connectivity index (χ0n) is 13.9. The van der Waals surface area contributed by atoms with Crippen LogP contribution in [-0.2, 0) is 15.6 Å². The lowest BCUT2D eigenvalue weighted by molar-refractivity contribution is -0.385. The summed E-state index contributed by atoms with van der Waals surface area (Å²) < 4.78 is 25.7. The Morgan fingerprint density at radius 1 is 1.38 bits per heavy atom. The van der Waals surface area contributed by atoms with Crippen LogP contribution < -0.4 is 0 Å².